The van der Waals surface area contributed by atoms with Crippen LogP contribution in [0.15, 0.2) is 0 Å². The summed E-state index contributed by atoms with van der Waals surface area (Å²) >= 11 is 0. The summed E-state index contributed by atoms with van der Waals surface area (Å²) < 4.78 is 0. The Morgan fingerprint density at radius 3 is 2.00 bits per heavy atom. The van der Waals surface area contributed by atoms with Crippen LogP contribution < -0.4 is 5.73 Å². The van der Waals surface area contributed by atoms with Crippen molar-refractivity contribution in [3.8, 4) is 0 Å². The second kappa shape index (κ2) is 9.52. The van der Waals surface area contributed by atoms with E-state index in [1.54, 1.807) is 0 Å². The molecule has 0 aliphatic carbocycles. The number of unbranched alkanes of at least 4 members (excludes halogenated alkanes) is 1. The number of nitrogens with two attached hydrogens (primary N) is 1. The minimum Gasteiger partial charge on any atom is -0.330 e. The normalized spacial score (nSPS) is 7.00. The molecule has 0 spiro atoms. The van der Waals surface area contributed by atoms with E-state index in [0.29, 0.717) is 0 Å². The first-order valence-corrected chi connectivity index (χ1v) is 2.12. The summed E-state index contributed by atoms with van der Waals surface area (Å²) in [5.41, 5.74) is 5.14. The summed E-state index contributed by atoms with van der Waals surface area (Å²) in [5, 5.41) is 0. The first kappa shape index (κ1) is 10.3. The number of hydrogen-bond donors (Lipinski definition) is 1. The second-order valence-corrected chi connectivity index (χ2v) is 1.14. The third kappa shape index (κ3) is 8.97. The van der Waals surface area contributed by atoms with Gasteiger partial charge in [0.05, 0.1) is 0 Å². The van der Waals surface area contributed by atoms with Crippen molar-refractivity contribution in [3.63, 3.8) is 0 Å². The minimum atomic E-state index is 0. The molecule has 0 fully saturated rings. The van der Waals surface area contributed by atoms with Gasteiger partial charge in [0.25, 0.3) is 0 Å². The topological polar surface area (TPSA) is 26.0 Å². The van der Waals surface area contributed by atoms with E-state index in [1.165, 1.54) is 12.8 Å². The van der Waals surface area contributed by atoms with Crippen LogP contribution in [-0.4, -0.2) is 6.54 Å². The fourth-order valence-electron chi connectivity index (χ4n) is 0.204. The third-order valence-corrected chi connectivity index (χ3v) is 0.558. The van der Waals surface area contributed by atoms with Crippen molar-refractivity contribution in [1.82, 2.24) is 0 Å². The van der Waals surface area contributed by atoms with Crippen LogP contribution in [0, 0.1) is 37.7 Å². The van der Waals surface area contributed by atoms with E-state index in [4.69, 9.17) is 5.73 Å². The van der Waals surface area contributed by atoms with E-state index in [1.807, 2.05) is 0 Å². The fraction of sp³-hybridized carbons (Fsp3) is 1.00. The Morgan fingerprint density at radius 1 is 1.50 bits per heavy atom. The maximum absolute atomic E-state index is 5.14. The Labute approximate surface area is 69.3 Å². The molecule has 2 heteroatoms. The van der Waals surface area contributed by atoms with Gasteiger partial charge < -0.3 is 5.73 Å². The van der Waals surface area contributed by atoms with E-state index >= 15 is 0 Å². The van der Waals surface area contributed by atoms with Crippen LogP contribution in [0.3, 0.4) is 0 Å². The largest absolute Gasteiger partial charge is 0.330 e. The third-order valence-electron chi connectivity index (χ3n) is 0.558. The Balaban J connectivity index is 0. The molecule has 0 aliphatic rings. The minimum absolute atomic E-state index is 0. The van der Waals surface area contributed by atoms with Crippen LogP contribution in [0.25, 0.3) is 0 Å². The molecule has 0 saturated carbocycles. The van der Waals surface area contributed by atoms with Gasteiger partial charge in [0, 0.05) is 37.7 Å². The summed E-state index contributed by atoms with van der Waals surface area (Å²) in [6.07, 6.45) is 2.39. The molecule has 0 bridgehead atoms. The van der Waals surface area contributed by atoms with Gasteiger partial charge in [0.1, 0.15) is 0 Å². The zero-order valence-electron chi connectivity index (χ0n) is 4.05. The van der Waals surface area contributed by atoms with Crippen LogP contribution in [-0.2, 0) is 0 Å². The maximum Gasteiger partial charge on any atom is 0 e. The molecule has 0 unspecified atom stereocenters. The summed E-state index contributed by atoms with van der Waals surface area (Å²) in [4.78, 5) is 0. The second-order valence-electron chi connectivity index (χ2n) is 1.14. The predicted octanol–water partition coefficient (Wildman–Crippen LogP) is 0.745. The van der Waals surface area contributed by atoms with E-state index in [-0.39, 0.29) is 37.7 Å². The Hall–Kier alpha value is 1.22. The standard InChI is InChI=1S/C4H11N.Ar/c1-2-3-4-5;/h2-5H2,1H3;. The molecule has 1 nitrogen and oxygen atoms in total. The van der Waals surface area contributed by atoms with Gasteiger partial charge in [-0.15, -0.1) is 0 Å². The van der Waals surface area contributed by atoms with Gasteiger partial charge in [-0.2, -0.15) is 0 Å². The van der Waals surface area contributed by atoms with Gasteiger partial charge in [0.2, 0.25) is 0 Å². The molecular formula is C4H11ArN. The van der Waals surface area contributed by atoms with Crippen molar-refractivity contribution in [1.29, 1.82) is 0 Å². The number of rotatable bonds is 2. The maximum atomic E-state index is 5.14. The Morgan fingerprint density at radius 2 is 2.00 bits per heavy atom. The van der Waals surface area contributed by atoms with Crippen LogP contribution in [0.4, 0.5) is 0 Å². The van der Waals surface area contributed by atoms with E-state index in [9.17, 15) is 0 Å². The molecule has 0 amide bonds. The van der Waals surface area contributed by atoms with Crippen molar-refractivity contribution in [2.75, 3.05) is 6.54 Å². The van der Waals surface area contributed by atoms with Gasteiger partial charge in [-0.25, -0.2) is 0 Å². The van der Waals surface area contributed by atoms with Crippen molar-refractivity contribution in [2.24, 2.45) is 5.73 Å². The summed E-state index contributed by atoms with van der Waals surface area (Å²) in [6.45, 7) is 2.98. The molecule has 40 valence electrons. The van der Waals surface area contributed by atoms with Gasteiger partial charge in [-0.3, -0.25) is 0 Å². The zero-order chi connectivity index (χ0) is 4.12. The molecule has 0 heterocycles. The van der Waals surface area contributed by atoms with E-state index < -0.39 is 0 Å². The Bertz CT molecular complexity index is 15.0. The predicted molar refractivity (Wildman–Crippen MR) is 24.0 cm³/mol. The monoisotopic (exact) mass is 113 g/mol. The van der Waals surface area contributed by atoms with Crippen molar-refractivity contribution >= 4 is 0 Å². The molecule has 0 aromatic rings. The van der Waals surface area contributed by atoms with Gasteiger partial charge in [0.15, 0.2) is 0 Å². The summed E-state index contributed by atoms with van der Waals surface area (Å²) in [5.74, 6) is 0. The fourth-order valence-corrected chi connectivity index (χ4v) is 0.204. The van der Waals surface area contributed by atoms with Crippen LogP contribution >= 0.6 is 0 Å². The van der Waals surface area contributed by atoms with E-state index in [2.05, 4.69) is 6.92 Å². The molecule has 2 N–H and O–H groups in total. The van der Waals surface area contributed by atoms with Gasteiger partial charge in [-0.05, 0) is 13.0 Å². The molecule has 0 atom stereocenters. The summed E-state index contributed by atoms with van der Waals surface area (Å²) in [7, 11) is 0. The zero-order valence-corrected chi connectivity index (χ0v) is 4.76. The SMILES string of the molecule is CCCCN.[Ar]. The average Bonchev–Trinajstić information content (AvgIpc) is 1.41. The summed E-state index contributed by atoms with van der Waals surface area (Å²) in [6, 6.07) is 0. The van der Waals surface area contributed by atoms with Gasteiger partial charge >= 0.3 is 0 Å². The number of hydrogen-bond acceptors (Lipinski definition) is 1. The molecule has 0 radical (unpaired) electrons. The Kier molecular flexibility index (Phi) is 16.3. The molecule has 0 aliphatic heterocycles. The average molecular weight is 113 g/mol. The van der Waals surface area contributed by atoms with Gasteiger partial charge in [-0.1, -0.05) is 13.3 Å². The van der Waals surface area contributed by atoms with Crippen LogP contribution in [0.2, 0.25) is 0 Å². The molecule has 0 rings (SSSR count). The quantitative estimate of drug-likeness (QED) is 0.561. The first-order valence-electron chi connectivity index (χ1n) is 2.12. The van der Waals surface area contributed by atoms with Crippen LogP contribution in [0.5, 0.6) is 0 Å². The van der Waals surface area contributed by atoms with Crippen molar-refractivity contribution in [2.45, 2.75) is 19.8 Å². The first-order chi connectivity index (χ1) is 2.41. The molecule has 6 heavy (non-hydrogen) atoms. The van der Waals surface area contributed by atoms with Crippen LogP contribution in [0.1, 0.15) is 19.8 Å². The van der Waals surface area contributed by atoms with Crippen molar-refractivity contribution in [3.05, 3.63) is 0 Å². The molecular weight excluding hydrogens is 102 g/mol. The van der Waals surface area contributed by atoms with Crippen molar-refractivity contribution < 1.29 is 37.7 Å². The molecule has 0 aromatic heterocycles. The van der Waals surface area contributed by atoms with E-state index in [0.717, 1.165) is 6.54 Å². The molecule has 0 aromatic carbocycles. The molecule has 0 saturated heterocycles. The smallest absolute Gasteiger partial charge is 0 e.